The van der Waals surface area contributed by atoms with Crippen molar-refractivity contribution in [2.45, 2.75) is 26.3 Å². The monoisotopic (exact) mass is 395 g/mol. The Bertz CT molecular complexity index is 972. The van der Waals surface area contributed by atoms with Gasteiger partial charge in [0.05, 0.1) is 6.54 Å². The first kappa shape index (κ1) is 21.2. The van der Waals surface area contributed by atoms with Gasteiger partial charge in [-0.1, -0.05) is 6.07 Å². The van der Waals surface area contributed by atoms with Crippen molar-refractivity contribution in [2.24, 2.45) is 0 Å². The summed E-state index contributed by atoms with van der Waals surface area (Å²) in [5, 5.41) is 23.1. The van der Waals surface area contributed by atoms with Gasteiger partial charge in [0, 0.05) is 37.0 Å². The fourth-order valence-electron chi connectivity index (χ4n) is 2.64. The van der Waals surface area contributed by atoms with Crippen LogP contribution >= 0.6 is 0 Å². The molecular formula is C18H19F2N3O5. The van der Waals surface area contributed by atoms with Crippen molar-refractivity contribution in [3.63, 3.8) is 0 Å². The molecule has 0 unspecified atom stereocenters. The van der Waals surface area contributed by atoms with Crippen LogP contribution in [0.15, 0.2) is 29.2 Å². The molecule has 0 bridgehead atoms. The molecule has 2 aromatic rings. The minimum atomic E-state index is -1.84. The Morgan fingerprint density at radius 1 is 1.21 bits per heavy atom. The SMILES string of the molecule is CNC(=O)c1c(C)c(=O)c(C(=O)NCc2ccc(F)cc2F)cn1CC(O)O. The average Bonchev–Trinajstić information content (AvgIpc) is 2.62. The predicted molar refractivity (Wildman–Crippen MR) is 94.6 cm³/mol. The van der Waals surface area contributed by atoms with Crippen LogP contribution in [-0.4, -0.2) is 39.9 Å². The van der Waals surface area contributed by atoms with Gasteiger partial charge in [-0.15, -0.1) is 0 Å². The number of amides is 2. The summed E-state index contributed by atoms with van der Waals surface area (Å²) < 4.78 is 27.7. The molecule has 0 spiro atoms. The maximum atomic E-state index is 13.7. The Morgan fingerprint density at radius 2 is 1.89 bits per heavy atom. The summed E-state index contributed by atoms with van der Waals surface area (Å²) >= 11 is 0. The van der Waals surface area contributed by atoms with E-state index in [2.05, 4.69) is 10.6 Å². The molecule has 2 amide bonds. The number of aliphatic hydroxyl groups is 2. The van der Waals surface area contributed by atoms with E-state index in [1.54, 1.807) is 0 Å². The van der Waals surface area contributed by atoms with Crippen molar-refractivity contribution in [3.05, 3.63) is 68.6 Å². The Kier molecular flexibility index (Phi) is 6.60. The van der Waals surface area contributed by atoms with E-state index in [-0.39, 0.29) is 28.9 Å². The van der Waals surface area contributed by atoms with E-state index in [4.69, 9.17) is 0 Å². The standard InChI is InChI=1S/C18H19F2N3O5/c1-9-15(18(28)21-2)23(8-14(24)25)7-12(16(9)26)17(27)22-6-10-3-4-11(19)5-13(10)20/h3-5,7,14,24-25H,6,8H2,1-2H3,(H,21,28)(H,22,27). The van der Waals surface area contributed by atoms with Crippen molar-refractivity contribution in [1.29, 1.82) is 0 Å². The molecule has 8 nitrogen and oxygen atoms in total. The summed E-state index contributed by atoms with van der Waals surface area (Å²) in [6.07, 6.45) is -0.815. The highest BCUT2D eigenvalue weighted by Crippen LogP contribution is 2.11. The molecule has 150 valence electrons. The average molecular weight is 395 g/mol. The van der Waals surface area contributed by atoms with Crippen molar-refractivity contribution >= 4 is 11.8 Å². The highest BCUT2D eigenvalue weighted by molar-refractivity contribution is 5.97. The van der Waals surface area contributed by atoms with Crippen molar-refractivity contribution < 1.29 is 28.6 Å². The summed E-state index contributed by atoms with van der Waals surface area (Å²) in [4.78, 5) is 37.0. The number of aromatic nitrogens is 1. The Balaban J connectivity index is 2.38. The van der Waals surface area contributed by atoms with Crippen LogP contribution in [0.4, 0.5) is 8.78 Å². The molecule has 0 saturated carbocycles. The number of aliphatic hydroxyl groups excluding tert-OH is 1. The number of benzene rings is 1. The molecule has 28 heavy (non-hydrogen) atoms. The molecule has 4 N–H and O–H groups in total. The summed E-state index contributed by atoms with van der Waals surface area (Å²) in [5.41, 5.74) is -1.28. The van der Waals surface area contributed by atoms with E-state index in [1.807, 2.05) is 0 Å². The number of halogens is 2. The molecule has 0 aliphatic rings. The Labute approximate surface area is 158 Å². The molecule has 0 fully saturated rings. The summed E-state index contributed by atoms with van der Waals surface area (Å²) in [5.74, 6) is -3.12. The first-order valence-electron chi connectivity index (χ1n) is 8.20. The number of hydrogen-bond donors (Lipinski definition) is 4. The van der Waals surface area contributed by atoms with Gasteiger partial charge in [0.1, 0.15) is 22.9 Å². The van der Waals surface area contributed by atoms with Crippen LogP contribution in [0, 0.1) is 18.6 Å². The van der Waals surface area contributed by atoms with Crippen LogP contribution in [0.3, 0.4) is 0 Å². The van der Waals surface area contributed by atoms with Gasteiger partial charge in [0.15, 0.2) is 11.7 Å². The zero-order valence-electron chi connectivity index (χ0n) is 15.1. The maximum Gasteiger partial charge on any atom is 0.268 e. The Morgan fingerprint density at radius 3 is 2.46 bits per heavy atom. The molecular weight excluding hydrogens is 376 g/mol. The van der Waals surface area contributed by atoms with Gasteiger partial charge in [-0.3, -0.25) is 14.4 Å². The molecule has 2 rings (SSSR count). The zero-order chi connectivity index (χ0) is 21.0. The number of pyridine rings is 1. The van der Waals surface area contributed by atoms with Gasteiger partial charge >= 0.3 is 0 Å². The van der Waals surface area contributed by atoms with Gasteiger partial charge < -0.3 is 25.4 Å². The lowest BCUT2D eigenvalue weighted by atomic mass is 10.1. The largest absolute Gasteiger partial charge is 0.367 e. The summed E-state index contributed by atoms with van der Waals surface area (Å²) in [6, 6.07) is 2.85. The number of nitrogens with one attached hydrogen (secondary N) is 2. The molecule has 0 atom stereocenters. The van der Waals surface area contributed by atoms with E-state index in [1.165, 1.54) is 14.0 Å². The molecule has 0 saturated heterocycles. The maximum absolute atomic E-state index is 13.7. The number of hydrogen-bond acceptors (Lipinski definition) is 5. The second kappa shape index (κ2) is 8.72. The lowest BCUT2D eigenvalue weighted by Gasteiger charge is -2.17. The Hall–Kier alpha value is -3.11. The topological polar surface area (TPSA) is 121 Å². The number of nitrogens with zero attached hydrogens (tertiary/aromatic N) is 1. The van der Waals surface area contributed by atoms with Crippen LogP contribution in [0.25, 0.3) is 0 Å². The molecule has 10 heteroatoms. The van der Waals surface area contributed by atoms with E-state index in [0.717, 1.165) is 22.9 Å². The molecule has 1 aromatic carbocycles. The third-order valence-electron chi connectivity index (χ3n) is 4.01. The van der Waals surface area contributed by atoms with Crippen LogP contribution < -0.4 is 16.1 Å². The second-order valence-electron chi connectivity index (χ2n) is 5.98. The molecule has 0 radical (unpaired) electrons. The summed E-state index contributed by atoms with van der Waals surface area (Å²) in [6.45, 7) is 0.559. The van der Waals surface area contributed by atoms with E-state index in [0.29, 0.717) is 6.07 Å². The smallest absolute Gasteiger partial charge is 0.268 e. The third-order valence-corrected chi connectivity index (χ3v) is 4.01. The molecule has 0 aliphatic heterocycles. The van der Waals surface area contributed by atoms with E-state index >= 15 is 0 Å². The van der Waals surface area contributed by atoms with Crippen LogP contribution in [-0.2, 0) is 13.1 Å². The fourth-order valence-corrected chi connectivity index (χ4v) is 2.64. The van der Waals surface area contributed by atoms with Crippen LogP contribution in [0.5, 0.6) is 0 Å². The van der Waals surface area contributed by atoms with Crippen molar-refractivity contribution in [2.75, 3.05) is 7.05 Å². The highest BCUT2D eigenvalue weighted by atomic mass is 19.1. The minimum Gasteiger partial charge on any atom is -0.367 e. The van der Waals surface area contributed by atoms with Gasteiger partial charge in [0.25, 0.3) is 11.8 Å². The fraction of sp³-hybridized carbons (Fsp3) is 0.278. The minimum absolute atomic E-state index is 0.0135. The van der Waals surface area contributed by atoms with Gasteiger partial charge in [-0.2, -0.15) is 0 Å². The summed E-state index contributed by atoms with van der Waals surface area (Å²) in [7, 11) is 1.34. The zero-order valence-corrected chi connectivity index (χ0v) is 15.1. The quantitative estimate of drug-likeness (QED) is 0.515. The van der Waals surface area contributed by atoms with Gasteiger partial charge in [-0.25, -0.2) is 8.78 Å². The lowest BCUT2D eigenvalue weighted by Crippen LogP contribution is -2.35. The van der Waals surface area contributed by atoms with Crippen molar-refractivity contribution in [1.82, 2.24) is 15.2 Å². The molecule has 1 aromatic heterocycles. The van der Waals surface area contributed by atoms with E-state index < -0.39 is 41.7 Å². The second-order valence-corrected chi connectivity index (χ2v) is 5.98. The highest BCUT2D eigenvalue weighted by Gasteiger charge is 2.22. The number of carbonyl (C=O) groups excluding carboxylic acids is 2. The number of rotatable bonds is 6. The third kappa shape index (κ3) is 4.59. The predicted octanol–water partition coefficient (Wildman–Crippen LogP) is 0.0352. The molecule has 1 heterocycles. The van der Waals surface area contributed by atoms with Crippen molar-refractivity contribution in [3.8, 4) is 0 Å². The van der Waals surface area contributed by atoms with Gasteiger partial charge in [0.2, 0.25) is 0 Å². The first-order chi connectivity index (χ1) is 13.1. The normalized spacial score (nSPS) is 10.8. The van der Waals surface area contributed by atoms with Crippen LogP contribution in [0.2, 0.25) is 0 Å². The van der Waals surface area contributed by atoms with E-state index in [9.17, 15) is 33.4 Å². The number of carbonyl (C=O) groups is 2. The first-order valence-corrected chi connectivity index (χ1v) is 8.20. The molecule has 0 aliphatic carbocycles. The lowest BCUT2D eigenvalue weighted by molar-refractivity contribution is -0.0516. The van der Waals surface area contributed by atoms with Crippen LogP contribution in [0.1, 0.15) is 32.0 Å². The van der Waals surface area contributed by atoms with Gasteiger partial charge in [-0.05, 0) is 13.0 Å².